The number of amides is 1. The minimum atomic E-state index is -0.403. The van der Waals surface area contributed by atoms with E-state index in [1.54, 1.807) is 11.6 Å². The van der Waals surface area contributed by atoms with Gasteiger partial charge >= 0.3 is 5.69 Å². The lowest BCUT2D eigenvalue weighted by Gasteiger charge is -2.35. The number of thioether (sulfide) groups is 1. The van der Waals surface area contributed by atoms with Crippen molar-refractivity contribution >= 4 is 28.8 Å². The van der Waals surface area contributed by atoms with Gasteiger partial charge in [-0.3, -0.25) is 18.7 Å². The Morgan fingerprint density at radius 3 is 2.59 bits per heavy atom. The summed E-state index contributed by atoms with van der Waals surface area (Å²) in [5.41, 5.74) is 0.00782. The van der Waals surface area contributed by atoms with Gasteiger partial charge in [-0.2, -0.15) is 0 Å². The molecule has 0 aromatic carbocycles. The molecule has 0 saturated carbocycles. The Kier molecular flexibility index (Phi) is 5.78. The molecule has 1 saturated heterocycles. The average Bonchev–Trinajstić information content (AvgIpc) is 3.07. The standard InChI is InChI=1S/C18H27N5O3S/c1-5-12-9-7-8-10-23(12)13(24)11-27-17-19-15-14(22(17)6-2)16(25)21(4)18(26)20(15)3/h12H,5-11H2,1-4H3. The van der Waals surface area contributed by atoms with E-state index in [1.165, 1.54) is 29.8 Å². The van der Waals surface area contributed by atoms with Crippen LogP contribution < -0.4 is 11.2 Å². The van der Waals surface area contributed by atoms with Crippen LogP contribution in [0.15, 0.2) is 14.7 Å². The molecule has 0 radical (unpaired) electrons. The number of aryl methyl sites for hydroxylation is 2. The maximum absolute atomic E-state index is 12.7. The third-order valence-corrected chi connectivity index (χ3v) is 6.33. The molecule has 9 heteroatoms. The SMILES string of the molecule is CCC1CCCCN1C(=O)CSc1nc2c(c(=O)n(C)c(=O)n2C)n1CC. The minimum absolute atomic E-state index is 0.114. The van der Waals surface area contributed by atoms with Crippen LogP contribution in [0, 0.1) is 0 Å². The predicted molar refractivity (Wildman–Crippen MR) is 106 cm³/mol. The molecule has 1 atom stereocenters. The molecular formula is C18H27N5O3S. The highest BCUT2D eigenvalue weighted by molar-refractivity contribution is 7.99. The second-order valence-corrected chi connectivity index (χ2v) is 7.89. The topological polar surface area (TPSA) is 82.1 Å². The lowest BCUT2D eigenvalue weighted by atomic mass is 10.0. The summed E-state index contributed by atoms with van der Waals surface area (Å²) in [6.07, 6.45) is 4.28. The van der Waals surface area contributed by atoms with E-state index in [4.69, 9.17) is 0 Å². The van der Waals surface area contributed by atoms with Crippen LogP contribution in [-0.4, -0.2) is 47.8 Å². The van der Waals surface area contributed by atoms with E-state index in [2.05, 4.69) is 11.9 Å². The van der Waals surface area contributed by atoms with Gasteiger partial charge in [0.2, 0.25) is 5.91 Å². The number of nitrogens with zero attached hydrogens (tertiary/aromatic N) is 5. The normalized spacial score (nSPS) is 17.6. The molecule has 1 amide bonds. The van der Waals surface area contributed by atoms with E-state index >= 15 is 0 Å². The van der Waals surface area contributed by atoms with Crippen LogP contribution in [-0.2, 0) is 25.4 Å². The van der Waals surface area contributed by atoms with Crippen molar-refractivity contribution in [3.8, 4) is 0 Å². The maximum Gasteiger partial charge on any atom is 0.332 e. The van der Waals surface area contributed by atoms with Gasteiger partial charge in [0.15, 0.2) is 16.3 Å². The van der Waals surface area contributed by atoms with Gasteiger partial charge in [0.25, 0.3) is 5.56 Å². The van der Waals surface area contributed by atoms with Gasteiger partial charge in [0.1, 0.15) is 0 Å². The number of carbonyl (C=O) groups excluding carboxylic acids is 1. The van der Waals surface area contributed by atoms with Crippen molar-refractivity contribution in [1.82, 2.24) is 23.6 Å². The average molecular weight is 394 g/mol. The highest BCUT2D eigenvalue weighted by atomic mass is 32.2. The Labute approximate surface area is 162 Å². The third-order valence-electron chi connectivity index (χ3n) is 5.37. The molecule has 0 aliphatic carbocycles. The molecule has 1 aliphatic heterocycles. The third kappa shape index (κ3) is 3.44. The Morgan fingerprint density at radius 2 is 1.93 bits per heavy atom. The first-order chi connectivity index (χ1) is 12.9. The van der Waals surface area contributed by atoms with Crippen LogP contribution in [0.2, 0.25) is 0 Å². The zero-order chi connectivity index (χ0) is 19.7. The molecule has 2 aromatic heterocycles. The zero-order valence-electron chi connectivity index (χ0n) is 16.4. The Hall–Kier alpha value is -2.03. The van der Waals surface area contributed by atoms with Crippen molar-refractivity contribution in [2.24, 2.45) is 14.1 Å². The van der Waals surface area contributed by atoms with Gasteiger partial charge in [-0.1, -0.05) is 18.7 Å². The molecule has 1 fully saturated rings. The van der Waals surface area contributed by atoms with Gasteiger partial charge < -0.3 is 9.47 Å². The quantitative estimate of drug-likeness (QED) is 0.716. The molecule has 3 rings (SSSR count). The van der Waals surface area contributed by atoms with E-state index in [9.17, 15) is 14.4 Å². The van der Waals surface area contributed by atoms with Crippen LogP contribution >= 0.6 is 11.8 Å². The van der Waals surface area contributed by atoms with E-state index in [0.29, 0.717) is 28.9 Å². The summed E-state index contributed by atoms with van der Waals surface area (Å²) in [7, 11) is 3.07. The lowest BCUT2D eigenvalue weighted by Crippen LogP contribution is -2.44. The molecule has 3 heterocycles. The highest BCUT2D eigenvalue weighted by Gasteiger charge is 2.26. The second-order valence-electron chi connectivity index (χ2n) is 6.95. The number of fused-ring (bicyclic) bond motifs is 1. The van der Waals surface area contributed by atoms with Crippen LogP contribution in [0.5, 0.6) is 0 Å². The fourth-order valence-electron chi connectivity index (χ4n) is 3.79. The molecule has 1 aliphatic rings. The van der Waals surface area contributed by atoms with Crippen LogP contribution in [0.4, 0.5) is 0 Å². The molecule has 0 spiro atoms. The lowest BCUT2D eigenvalue weighted by molar-refractivity contribution is -0.132. The summed E-state index contributed by atoms with van der Waals surface area (Å²) in [5, 5.41) is 0.601. The molecule has 27 heavy (non-hydrogen) atoms. The maximum atomic E-state index is 12.7. The Morgan fingerprint density at radius 1 is 1.19 bits per heavy atom. The fraction of sp³-hybridized carbons (Fsp3) is 0.667. The molecule has 0 bridgehead atoms. The summed E-state index contributed by atoms with van der Waals surface area (Å²) >= 11 is 1.34. The van der Waals surface area contributed by atoms with Gasteiger partial charge in [-0.05, 0) is 32.6 Å². The molecular weight excluding hydrogens is 366 g/mol. The first kappa shape index (κ1) is 19.7. The number of likely N-dealkylation sites (tertiary alicyclic amines) is 1. The number of piperidine rings is 1. The van der Waals surface area contributed by atoms with Crippen molar-refractivity contribution in [3.63, 3.8) is 0 Å². The van der Waals surface area contributed by atoms with Crippen LogP contribution in [0.1, 0.15) is 39.5 Å². The van der Waals surface area contributed by atoms with Gasteiger partial charge in [-0.25, -0.2) is 9.78 Å². The molecule has 8 nitrogen and oxygen atoms in total. The number of carbonyl (C=O) groups is 1. The monoisotopic (exact) mass is 393 g/mol. The smallest absolute Gasteiger partial charge is 0.332 e. The Bertz CT molecular complexity index is 974. The highest BCUT2D eigenvalue weighted by Crippen LogP contribution is 2.24. The summed E-state index contributed by atoms with van der Waals surface area (Å²) in [5.74, 6) is 0.400. The fourth-order valence-corrected chi connectivity index (χ4v) is 4.74. The summed E-state index contributed by atoms with van der Waals surface area (Å²) < 4.78 is 4.27. The number of imidazole rings is 1. The minimum Gasteiger partial charge on any atom is -0.339 e. The first-order valence-corrected chi connectivity index (χ1v) is 10.5. The van der Waals surface area contributed by atoms with Crippen molar-refractivity contribution in [2.45, 2.75) is 57.3 Å². The number of hydrogen-bond donors (Lipinski definition) is 0. The van der Waals surface area contributed by atoms with Crippen molar-refractivity contribution in [2.75, 3.05) is 12.3 Å². The molecule has 0 N–H and O–H groups in total. The van der Waals surface area contributed by atoms with Gasteiger partial charge in [-0.15, -0.1) is 0 Å². The number of rotatable bonds is 5. The first-order valence-electron chi connectivity index (χ1n) is 9.49. The van der Waals surface area contributed by atoms with Crippen molar-refractivity contribution in [1.29, 1.82) is 0 Å². The van der Waals surface area contributed by atoms with Crippen LogP contribution in [0.3, 0.4) is 0 Å². The molecule has 1 unspecified atom stereocenters. The van der Waals surface area contributed by atoms with Gasteiger partial charge in [0, 0.05) is 33.2 Å². The van der Waals surface area contributed by atoms with E-state index in [0.717, 1.165) is 30.4 Å². The summed E-state index contributed by atoms with van der Waals surface area (Å²) in [6, 6.07) is 0.324. The zero-order valence-corrected chi connectivity index (χ0v) is 17.2. The number of hydrogen-bond acceptors (Lipinski definition) is 5. The van der Waals surface area contributed by atoms with E-state index in [1.807, 2.05) is 11.8 Å². The van der Waals surface area contributed by atoms with E-state index < -0.39 is 5.69 Å². The second kappa shape index (κ2) is 7.92. The van der Waals surface area contributed by atoms with E-state index in [-0.39, 0.29) is 17.2 Å². The largest absolute Gasteiger partial charge is 0.339 e. The Balaban J connectivity index is 1.90. The summed E-state index contributed by atoms with van der Waals surface area (Å²) in [6.45, 7) is 5.41. The van der Waals surface area contributed by atoms with Crippen LogP contribution in [0.25, 0.3) is 11.2 Å². The van der Waals surface area contributed by atoms with Gasteiger partial charge in [0.05, 0.1) is 5.75 Å². The predicted octanol–water partition coefficient (Wildman–Crippen LogP) is 1.34. The van der Waals surface area contributed by atoms with Crippen molar-refractivity contribution in [3.05, 3.63) is 20.8 Å². The summed E-state index contributed by atoms with van der Waals surface area (Å²) in [4.78, 5) is 44.0. The van der Waals surface area contributed by atoms with Crippen molar-refractivity contribution < 1.29 is 4.79 Å². The molecule has 148 valence electrons. The molecule has 2 aromatic rings. The number of aromatic nitrogens is 4.